The quantitative estimate of drug-likeness (QED) is 0.563. The standard InChI is InChI=1S/C16H10ClFN2O4/c17-12-2-1-3-13(18)14(12)16-11(8-21)15(19-24-16)9-4-6-10(7-5-9)20(22)23/h1-7,21H,8H2. The molecule has 0 amide bonds. The number of nitrogens with zero attached hydrogens (tertiary/aromatic N) is 2. The van der Waals surface area contributed by atoms with Crippen molar-refractivity contribution in [3.05, 3.63) is 69.0 Å². The van der Waals surface area contributed by atoms with Crippen LogP contribution in [0.4, 0.5) is 10.1 Å². The molecule has 0 saturated heterocycles. The van der Waals surface area contributed by atoms with E-state index in [9.17, 15) is 19.6 Å². The van der Waals surface area contributed by atoms with Crippen LogP contribution in [0, 0.1) is 15.9 Å². The van der Waals surface area contributed by atoms with Gasteiger partial charge in [-0.15, -0.1) is 0 Å². The number of benzene rings is 2. The van der Waals surface area contributed by atoms with Gasteiger partial charge in [-0.3, -0.25) is 10.1 Å². The Labute approximate surface area is 140 Å². The van der Waals surface area contributed by atoms with E-state index in [0.717, 1.165) is 0 Å². The number of rotatable bonds is 4. The first-order chi connectivity index (χ1) is 11.5. The number of aliphatic hydroxyl groups is 1. The summed E-state index contributed by atoms with van der Waals surface area (Å²) in [5.41, 5.74) is 0.929. The van der Waals surface area contributed by atoms with Gasteiger partial charge in [-0.25, -0.2) is 4.39 Å². The van der Waals surface area contributed by atoms with Crippen molar-refractivity contribution >= 4 is 17.3 Å². The van der Waals surface area contributed by atoms with Gasteiger partial charge in [0.1, 0.15) is 11.5 Å². The smallest absolute Gasteiger partial charge is 0.269 e. The molecule has 0 aliphatic heterocycles. The fraction of sp³-hybridized carbons (Fsp3) is 0.0625. The summed E-state index contributed by atoms with van der Waals surface area (Å²) in [4.78, 5) is 10.2. The summed E-state index contributed by atoms with van der Waals surface area (Å²) in [5, 5.41) is 24.4. The van der Waals surface area contributed by atoms with E-state index in [1.807, 2.05) is 0 Å². The number of nitro benzene ring substituents is 1. The van der Waals surface area contributed by atoms with Gasteiger partial charge in [0, 0.05) is 17.7 Å². The zero-order chi connectivity index (χ0) is 17.3. The van der Waals surface area contributed by atoms with Gasteiger partial charge in [-0.2, -0.15) is 0 Å². The summed E-state index contributed by atoms with van der Waals surface area (Å²) < 4.78 is 19.3. The van der Waals surface area contributed by atoms with Gasteiger partial charge >= 0.3 is 0 Å². The number of nitro groups is 1. The second kappa shape index (κ2) is 6.38. The number of aliphatic hydroxyl groups excluding tert-OH is 1. The number of halogens is 2. The maximum absolute atomic E-state index is 14.1. The average molecular weight is 349 g/mol. The van der Waals surface area contributed by atoms with Crippen LogP contribution >= 0.6 is 11.6 Å². The lowest BCUT2D eigenvalue weighted by Crippen LogP contribution is -1.92. The normalized spacial score (nSPS) is 10.8. The van der Waals surface area contributed by atoms with E-state index in [0.29, 0.717) is 5.56 Å². The second-order valence-corrected chi connectivity index (χ2v) is 5.30. The molecule has 0 radical (unpaired) electrons. The number of non-ortho nitro benzene ring substituents is 1. The zero-order valence-electron chi connectivity index (χ0n) is 12.1. The monoisotopic (exact) mass is 348 g/mol. The van der Waals surface area contributed by atoms with Crippen LogP contribution in [0.15, 0.2) is 47.0 Å². The Morgan fingerprint density at radius 2 is 1.96 bits per heavy atom. The van der Waals surface area contributed by atoms with Gasteiger partial charge in [0.25, 0.3) is 5.69 Å². The van der Waals surface area contributed by atoms with Crippen LogP contribution in [0.25, 0.3) is 22.6 Å². The van der Waals surface area contributed by atoms with Crippen molar-refractivity contribution in [2.24, 2.45) is 0 Å². The molecule has 0 aliphatic carbocycles. The molecule has 1 aromatic heterocycles. The Bertz CT molecular complexity index is 889. The number of hydrogen-bond donors (Lipinski definition) is 1. The molecular weight excluding hydrogens is 339 g/mol. The molecule has 0 aliphatic rings. The van der Waals surface area contributed by atoms with Crippen LogP contribution in [-0.4, -0.2) is 15.2 Å². The molecule has 0 bridgehead atoms. The highest BCUT2D eigenvalue weighted by molar-refractivity contribution is 6.33. The largest absolute Gasteiger partial charge is 0.391 e. The van der Waals surface area contributed by atoms with Crippen LogP contribution in [-0.2, 0) is 6.61 Å². The van der Waals surface area contributed by atoms with Crippen molar-refractivity contribution in [2.45, 2.75) is 6.61 Å². The Morgan fingerprint density at radius 1 is 1.25 bits per heavy atom. The van der Waals surface area contributed by atoms with E-state index in [1.54, 1.807) is 0 Å². The molecule has 1 heterocycles. The summed E-state index contributed by atoms with van der Waals surface area (Å²) in [7, 11) is 0. The number of hydrogen-bond acceptors (Lipinski definition) is 5. The van der Waals surface area contributed by atoms with Gasteiger partial charge in [0.05, 0.1) is 27.7 Å². The Hall–Kier alpha value is -2.77. The summed E-state index contributed by atoms with van der Waals surface area (Å²) in [6, 6.07) is 9.73. The van der Waals surface area contributed by atoms with Gasteiger partial charge in [-0.05, 0) is 24.3 Å². The van der Waals surface area contributed by atoms with Crippen molar-refractivity contribution in [2.75, 3.05) is 0 Å². The minimum absolute atomic E-state index is 0.00359. The van der Waals surface area contributed by atoms with Gasteiger partial charge in [0.15, 0.2) is 5.76 Å². The fourth-order valence-electron chi connectivity index (χ4n) is 2.33. The first-order valence-electron chi connectivity index (χ1n) is 6.81. The molecule has 0 atom stereocenters. The highest BCUT2D eigenvalue weighted by Gasteiger charge is 2.23. The van der Waals surface area contributed by atoms with Crippen LogP contribution in [0.3, 0.4) is 0 Å². The minimum Gasteiger partial charge on any atom is -0.391 e. The zero-order valence-corrected chi connectivity index (χ0v) is 12.8. The third kappa shape index (κ3) is 2.75. The van der Waals surface area contributed by atoms with E-state index in [-0.39, 0.29) is 33.3 Å². The highest BCUT2D eigenvalue weighted by atomic mass is 35.5. The Kier molecular flexibility index (Phi) is 4.28. The van der Waals surface area contributed by atoms with Crippen molar-refractivity contribution < 1.29 is 18.9 Å². The first-order valence-corrected chi connectivity index (χ1v) is 7.19. The van der Waals surface area contributed by atoms with E-state index in [4.69, 9.17) is 16.1 Å². The molecule has 0 unspecified atom stereocenters. The Morgan fingerprint density at radius 3 is 2.54 bits per heavy atom. The molecule has 3 rings (SSSR count). The van der Waals surface area contributed by atoms with Gasteiger partial charge in [-0.1, -0.05) is 22.8 Å². The summed E-state index contributed by atoms with van der Waals surface area (Å²) >= 11 is 6.02. The van der Waals surface area contributed by atoms with E-state index >= 15 is 0 Å². The molecule has 0 fully saturated rings. The molecule has 8 heteroatoms. The van der Waals surface area contributed by atoms with Crippen molar-refractivity contribution in [1.82, 2.24) is 5.16 Å². The third-order valence-electron chi connectivity index (χ3n) is 3.49. The number of aromatic nitrogens is 1. The highest BCUT2D eigenvalue weighted by Crippen LogP contribution is 2.37. The molecule has 1 N–H and O–H groups in total. The fourth-order valence-corrected chi connectivity index (χ4v) is 2.58. The van der Waals surface area contributed by atoms with Crippen molar-refractivity contribution in [3.63, 3.8) is 0 Å². The van der Waals surface area contributed by atoms with E-state index in [1.165, 1.54) is 42.5 Å². The average Bonchev–Trinajstić information content (AvgIpc) is 2.98. The van der Waals surface area contributed by atoms with E-state index in [2.05, 4.69) is 5.16 Å². The first kappa shape index (κ1) is 16.1. The predicted molar refractivity (Wildman–Crippen MR) is 84.9 cm³/mol. The molecule has 0 spiro atoms. The lowest BCUT2D eigenvalue weighted by atomic mass is 10.0. The summed E-state index contributed by atoms with van der Waals surface area (Å²) in [6.07, 6.45) is 0. The lowest BCUT2D eigenvalue weighted by Gasteiger charge is -2.04. The maximum Gasteiger partial charge on any atom is 0.269 e. The van der Waals surface area contributed by atoms with Crippen molar-refractivity contribution in [3.8, 4) is 22.6 Å². The Balaban J connectivity index is 2.12. The molecule has 122 valence electrons. The van der Waals surface area contributed by atoms with Crippen LogP contribution in [0.5, 0.6) is 0 Å². The van der Waals surface area contributed by atoms with Crippen molar-refractivity contribution in [1.29, 1.82) is 0 Å². The molecular formula is C16H10ClFN2O4. The summed E-state index contributed by atoms with van der Waals surface area (Å²) in [6.45, 7) is -0.462. The molecule has 24 heavy (non-hydrogen) atoms. The molecule has 6 nitrogen and oxygen atoms in total. The van der Waals surface area contributed by atoms with Crippen LogP contribution in [0.1, 0.15) is 5.56 Å². The SMILES string of the molecule is O=[N+]([O-])c1ccc(-c2noc(-c3c(F)cccc3Cl)c2CO)cc1. The van der Waals surface area contributed by atoms with Crippen LogP contribution in [0.2, 0.25) is 5.02 Å². The lowest BCUT2D eigenvalue weighted by molar-refractivity contribution is -0.384. The third-order valence-corrected chi connectivity index (χ3v) is 3.80. The van der Waals surface area contributed by atoms with Gasteiger partial charge in [0.2, 0.25) is 0 Å². The van der Waals surface area contributed by atoms with E-state index < -0.39 is 17.3 Å². The topological polar surface area (TPSA) is 89.4 Å². The molecule has 3 aromatic rings. The summed E-state index contributed by atoms with van der Waals surface area (Å²) in [5.74, 6) is -0.586. The molecule has 0 saturated carbocycles. The van der Waals surface area contributed by atoms with Gasteiger partial charge < -0.3 is 9.63 Å². The maximum atomic E-state index is 14.1. The predicted octanol–water partition coefficient (Wildman–Crippen LogP) is 4.20. The second-order valence-electron chi connectivity index (χ2n) is 4.90. The minimum atomic E-state index is -0.608. The van der Waals surface area contributed by atoms with Crippen LogP contribution < -0.4 is 0 Å². The molecule has 2 aromatic carbocycles.